The molecular formula is C23H21Cl2F6N3O3. The number of rotatable bonds is 8. The van der Waals surface area contributed by atoms with Gasteiger partial charge in [0.25, 0.3) is 5.60 Å². The fraction of sp³-hybridized carbons (Fsp3) is 0.348. The predicted octanol–water partition coefficient (Wildman–Crippen LogP) is 5.77. The molecule has 6 nitrogen and oxygen atoms in total. The second-order valence-electron chi connectivity index (χ2n) is 7.98. The lowest BCUT2D eigenvalue weighted by Gasteiger charge is -2.29. The molecule has 1 atom stereocenters. The Balaban J connectivity index is 2.23. The highest BCUT2D eigenvalue weighted by Gasteiger charge is 2.62. The van der Waals surface area contributed by atoms with Crippen molar-refractivity contribution >= 4 is 40.7 Å². The molecule has 0 fully saturated rings. The molecule has 2 amide bonds. The molecule has 0 bridgehead atoms. The van der Waals surface area contributed by atoms with E-state index in [9.17, 15) is 35.9 Å². The average molecular weight is 572 g/mol. The molecule has 202 valence electrons. The summed E-state index contributed by atoms with van der Waals surface area (Å²) in [5, 5.41) is 7.33. The summed E-state index contributed by atoms with van der Waals surface area (Å²) >= 11 is 11.8. The maximum atomic E-state index is 14.2. The molecule has 0 radical (unpaired) electrons. The molecule has 2 N–H and O–H groups in total. The van der Waals surface area contributed by atoms with Crippen LogP contribution in [0.4, 0.5) is 26.3 Å². The number of hydrogen-bond donors (Lipinski definition) is 2. The van der Waals surface area contributed by atoms with Crippen LogP contribution in [0, 0.1) is 0 Å². The number of nitrogens with zero attached hydrogens (tertiary/aromatic N) is 1. The summed E-state index contributed by atoms with van der Waals surface area (Å²) in [6, 6.07) is 3.41. The van der Waals surface area contributed by atoms with Crippen LogP contribution in [0.25, 0.3) is 0 Å². The van der Waals surface area contributed by atoms with Crippen LogP contribution in [0.2, 0.25) is 10.0 Å². The van der Waals surface area contributed by atoms with Crippen molar-refractivity contribution in [1.82, 2.24) is 10.6 Å². The minimum absolute atomic E-state index is 0.0323. The molecular weight excluding hydrogens is 551 g/mol. The zero-order valence-corrected chi connectivity index (χ0v) is 20.9. The monoisotopic (exact) mass is 571 g/mol. The molecule has 2 rings (SSSR count). The van der Waals surface area contributed by atoms with E-state index < -0.39 is 49.3 Å². The Morgan fingerprint density at radius 3 is 2.22 bits per heavy atom. The van der Waals surface area contributed by atoms with Crippen molar-refractivity contribution in [3.63, 3.8) is 0 Å². The van der Waals surface area contributed by atoms with Gasteiger partial charge < -0.3 is 15.5 Å². The van der Waals surface area contributed by atoms with Gasteiger partial charge in [0.05, 0.1) is 12.3 Å². The Kier molecular flexibility index (Phi) is 9.48. The van der Waals surface area contributed by atoms with Gasteiger partial charge in [-0.3, -0.25) is 9.59 Å². The molecule has 0 spiro atoms. The summed E-state index contributed by atoms with van der Waals surface area (Å²) < 4.78 is 79.0. The first-order valence-corrected chi connectivity index (χ1v) is 11.2. The normalized spacial score (nSPS) is 19.0. The summed E-state index contributed by atoms with van der Waals surface area (Å²) in [4.78, 5) is 28.7. The lowest BCUT2D eigenvalue weighted by molar-refractivity contribution is -0.275. The second kappa shape index (κ2) is 11.6. The number of hydrogen-bond acceptors (Lipinski definition) is 4. The quantitative estimate of drug-likeness (QED) is 0.236. The van der Waals surface area contributed by atoms with Crippen molar-refractivity contribution in [2.24, 2.45) is 5.16 Å². The van der Waals surface area contributed by atoms with E-state index in [0.717, 1.165) is 12.1 Å². The average Bonchev–Trinajstić information content (AvgIpc) is 3.24. The van der Waals surface area contributed by atoms with Crippen LogP contribution in [-0.4, -0.2) is 43.0 Å². The molecule has 1 heterocycles. The molecule has 0 aromatic heterocycles. The number of amides is 2. The van der Waals surface area contributed by atoms with Crippen LogP contribution >= 0.6 is 23.2 Å². The third-order valence-electron chi connectivity index (χ3n) is 5.27. The van der Waals surface area contributed by atoms with Crippen molar-refractivity contribution in [3.05, 3.63) is 69.3 Å². The van der Waals surface area contributed by atoms with Gasteiger partial charge in [0.1, 0.15) is 6.54 Å². The Hall–Kier alpha value is -2.99. The third kappa shape index (κ3) is 7.75. The highest BCUT2D eigenvalue weighted by Crippen LogP contribution is 2.49. The summed E-state index contributed by atoms with van der Waals surface area (Å²) in [5.74, 6) is -1.83. The minimum Gasteiger partial charge on any atom is -0.374 e. The van der Waals surface area contributed by atoms with Crippen LogP contribution in [0.3, 0.4) is 0 Å². The van der Waals surface area contributed by atoms with Gasteiger partial charge in [-0.15, -0.1) is 0 Å². The van der Waals surface area contributed by atoms with Gasteiger partial charge in [-0.1, -0.05) is 41.0 Å². The van der Waals surface area contributed by atoms with Gasteiger partial charge in [-0.05, 0) is 49.3 Å². The summed E-state index contributed by atoms with van der Waals surface area (Å²) in [5.41, 5.74) is -2.92. The van der Waals surface area contributed by atoms with Crippen LogP contribution < -0.4 is 10.6 Å². The van der Waals surface area contributed by atoms with E-state index in [0.29, 0.717) is 0 Å². The van der Waals surface area contributed by atoms with Crippen molar-refractivity contribution in [2.75, 3.05) is 13.1 Å². The first-order valence-electron chi connectivity index (χ1n) is 10.4. The number of halogens is 8. The van der Waals surface area contributed by atoms with Crippen molar-refractivity contribution in [3.8, 4) is 0 Å². The second-order valence-corrected chi connectivity index (χ2v) is 8.85. The number of alkyl halides is 6. The molecule has 1 aromatic carbocycles. The highest BCUT2D eigenvalue weighted by molar-refractivity contribution is 6.34. The van der Waals surface area contributed by atoms with Crippen molar-refractivity contribution in [2.45, 2.75) is 38.2 Å². The maximum Gasteiger partial charge on any atom is 0.435 e. The number of allylic oxidation sites excluding steroid dienone is 4. The standard InChI is InChI=1S/C23H21Cl2F6N3O3/c1-4-14(5-12(2)13(3)20(36)32-10-19(35)33-11-22(26,27)28)18-9-21(37-34-18,23(29,30)31)15-6-16(24)8-17(25)7-15/h4-8H,1,9-11H2,2-3H3,(H,32,36)(H,33,35)/b13-12+,14-5+/t21-/m0/s1. The largest absolute Gasteiger partial charge is 0.435 e. The van der Waals surface area contributed by atoms with E-state index in [1.807, 2.05) is 0 Å². The predicted molar refractivity (Wildman–Crippen MR) is 126 cm³/mol. The van der Waals surface area contributed by atoms with Gasteiger partial charge in [-0.2, -0.15) is 26.3 Å². The topological polar surface area (TPSA) is 79.8 Å². The van der Waals surface area contributed by atoms with E-state index in [-0.39, 0.29) is 38.0 Å². The zero-order valence-electron chi connectivity index (χ0n) is 19.4. The first-order chi connectivity index (χ1) is 17.0. The van der Waals surface area contributed by atoms with Crippen LogP contribution in [0.5, 0.6) is 0 Å². The van der Waals surface area contributed by atoms with E-state index >= 15 is 0 Å². The van der Waals surface area contributed by atoms with E-state index in [1.54, 1.807) is 5.32 Å². The summed E-state index contributed by atoms with van der Waals surface area (Å²) in [6.07, 6.45) is -7.70. The molecule has 1 aliphatic heterocycles. The molecule has 0 saturated carbocycles. The summed E-state index contributed by atoms with van der Waals surface area (Å²) in [7, 11) is 0. The number of carbonyl (C=O) groups is 2. The lowest BCUT2D eigenvalue weighted by atomic mass is 9.86. The van der Waals surface area contributed by atoms with Crippen LogP contribution in [-0.2, 0) is 20.0 Å². The van der Waals surface area contributed by atoms with Gasteiger partial charge in [-0.25, -0.2) is 0 Å². The Morgan fingerprint density at radius 2 is 1.70 bits per heavy atom. The maximum absolute atomic E-state index is 14.2. The fourth-order valence-electron chi connectivity index (χ4n) is 3.18. The highest BCUT2D eigenvalue weighted by atomic mass is 35.5. The zero-order chi connectivity index (χ0) is 28.2. The fourth-order valence-corrected chi connectivity index (χ4v) is 3.71. The Labute approximate surface area is 218 Å². The van der Waals surface area contributed by atoms with Crippen molar-refractivity contribution in [1.29, 1.82) is 0 Å². The Bertz CT molecular complexity index is 1150. The first kappa shape index (κ1) is 30.2. The number of benzene rings is 1. The summed E-state index contributed by atoms with van der Waals surface area (Å²) in [6.45, 7) is 4.14. The molecule has 0 unspecified atom stereocenters. The SMILES string of the molecule is C=C/C(=C\C(C)=C(/C)C(=O)NCC(=O)NCC(F)(F)F)C1=NO[C@@](c2cc(Cl)cc(Cl)c2)(C(F)(F)F)C1. The molecule has 37 heavy (non-hydrogen) atoms. The van der Waals surface area contributed by atoms with Gasteiger partial charge in [0, 0.05) is 27.6 Å². The van der Waals surface area contributed by atoms with Crippen molar-refractivity contribution < 1.29 is 40.8 Å². The van der Waals surface area contributed by atoms with Gasteiger partial charge in [0.2, 0.25) is 11.8 Å². The van der Waals surface area contributed by atoms with Gasteiger partial charge in [0.15, 0.2) is 0 Å². The lowest BCUT2D eigenvalue weighted by Crippen LogP contribution is -2.42. The molecule has 0 aliphatic carbocycles. The third-order valence-corrected chi connectivity index (χ3v) is 5.70. The molecule has 1 aliphatic rings. The van der Waals surface area contributed by atoms with E-state index in [4.69, 9.17) is 28.0 Å². The number of oxime groups is 1. The smallest absolute Gasteiger partial charge is 0.374 e. The van der Waals surface area contributed by atoms with E-state index in [2.05, 4.69) is 17.1 Å². The molecule has 0 saturated heterocycles. The molecule has 1 aromatic rings. The van der Waals surface area contributed by atoms with Crippen LogP contribution in [0.15, 0.2) is 58.8 Å². The Morgan fingerprint density at radius 1 is 1.11 bits per heavy atom. The van der Waals surface area contributed by atoms with E-state index in [1.165, 1.54) is 32.1 Å². The van der Waals surface area contributed by atoms with Gasteiger partial charge >= 0.3 is 12.4 Å². The van der Waals surface area contributed by atoms with Crippen LogP contribution in [0.1, 0.15) is 25.8 Å². The number of nitrogens with one attached hydrogen (secondary N) is 2. The molecule has 14 heteroatoms. The number of carbonyl (C=O) groups excluding carboxylic acids is 2. The minimum atomic E-state index is -4.91.